The number of benzene rings is 1. The van der Waals surface area contributed by atoms with Crippen molar-refractivity contribution in [2.75, 3.05) is 7.11 Å². The highest BCUT2D eigenvalue weighted by Gasteiger charge is 2.35. The van der Waals surface area contributed by atoms with E-state index >= 15 is 0 Å². The van der Waals surface area contributed by atoms with Gasteiger partial charge in [0.05, 0.1) is 7.11 Å². The molecular formula is C19H29NO. The van der Waals surface area contributed by atoms with E-state index in [2.05, 4.69) is 43.4 Å². The normalized spacial score (nSPS) is 31.5. The van der Waals surface area contributed by atoms with E-state index in [0.29, 0.717) is 17.4 Å². The van der Waals surface area contributed by atoms with Crippen LogP contribution in [0.3, 0.4) is 0 Å². The zero-order valence-electron chi connectivity index (χ0n) is 13.7. The SMILES string of the molecule is COc1ccccc1C1CC(NC2CCCC(C)(C)C2)C1. The second kappa shape index (κ2) is 6.00. The highest BCUT2D eigenvalue weighted by Crippen LogP contribution is 2.42. The molecule has 2 heteroatoms. The Labute approximate surface area is 129 Å². The van der Waals surface area contributed by atoms with Crippen LogP contribution >= 0.6 is 0 Å². The molecule has 1 N–H and O–H groups in total. The lowest BCUT2D eigenvalue weighted by molar-refractivity contribution is 0.164. The third-order valence-corrected chi connectivity index (χ3v) is 5.39. The molecule has 2 aliphatic carbocycles. The maximum Gasteiger partial charge on any atom is 0.122 e. The van der Waals surface area contributed by atoms with Gasteiger partial charge in [-0.2, -0.15) is 0 Å². The van der Waals surface area contributed by atoms with Crippen LogP contribution in [0.2, 0.25) is 0 Å². The van der Waals surface area contributed by atoms with Crippen molar-refractivity contribution in [1.82, 2.24) is 5.32 Å². The molecule has 0 aromatic heterocycles. The van der Waals surface area contributed by atoms with Crippen molar-refractivity contribution in [2.45, 2.75) is 70.4 Å². The first-order chi connectivity index (χ1) is 10.1. The molecule has 2 nitrogen and oxygen atoms in total. The van der Waals surface area contributed by atoms with Crippen molar-refractivity contribution in [2.24, 2.45) is 5.41 Å². The number of hydrogen-bond acceptors (Lipinski definition) is 2. The Hall–Kier alpha value is -1.02. The Morgan fingerprint density at radius 3 is 2.62 bits per heavy atom. The molecule has 0 aliphatic heterocycles. The molecule has 3 rings (SSSR count). The van der Waals surface area contributed by atoms with E-state index in [1.807, 2.05) is 0 Å². The van der Waals surface area contributed by atoms with E-state index in [9.17, 15) is 0 Å². The highest BCUT2D eigenvalue weighted by atomic mass is 16.5. The summed E-state index contributed by atoms with van der Waals surface area (Å²) in [5.74, 6) is 1.73. The lowest BCUT2D eigenvalue weighted by Crippen LogP contribution is -2.48. The smallest absolute Gasteiger partial charge is 0.122 e. The molecule has 2 aliphatic rings. The molecule has 116 valence electrons. The van der Waals surface area contributed by atoms with Gasteiger partial charge < -0.3 is 10.1 Å². The number of ether oxygens (including phenoxy) is 1. The van der Waals surface area contributed by atoms with Crippen molar-refractivity contribution in [1.29, 1.82) is 0 Å². The van der Waals surface area contributed by atoms with Crippen LogP contribution in [0.5, 0.6) is 5.75 Å². The minimum Gasteiger partial charge on any atom is -0.496 e. The van der Waals surface area contributed by atoms with E-state index in [0.717, 1.165) is 11.8 Å². The molecule has 2 saturated carbocycles. The van der Waals surface area contributed by atoms with Gasteiger partial charge in [-0.25, -0.2) is 0 Å². The Morgan fingerprint density at radius 1 is 1.14 bits per heavy atom. The molecule has 2 fully saturated rings. The molecule has 0 bridgehead atoms. The topological polar surface area (TPSA) is 21.3 Å². The van der Waals surface area contributed by atoms with Gasteiger partial charge in [0.25, 0.3) is 0 Å². The van der Waals surface area contributed by atoms with Gasteiger partial charge in [-0.1, -0.05) is 38.5 Å². The average Bonchev–Trinajstić information content (AvgIpc) is 2.41. The zero-order valence-corrected chi connectivity index (χ0v) is 13.7. The fourth-order valence-electron chi connectivity index (χ4n) is 4.19. The molecule has 0 spiro atoms. The van der Waals surface area contributed by atoms with Gasteiger partial charge in [0, 0.05) is 12.1 Å². The minimum atomic E-state index is 0.529. The van der Waals surface area contributed by atoms with Crippen molar-refractivity contribution in [3.63, 3.8) is 0 Å². The molecule has 21 heavy (non-hydrogen) atoms. The Balaban J connectivity index is 1.52. The van der Waals surface area contributed by atoms with Gasteiger partial charge in [-0.05, 0) is 55.1 Å². The fourth-order valence-corrected chi connectivity index (χ4v) is 4.19. The standard InChI is InChI=1S/C19H29NO/c1-19(2)10-6-7-15(13-19)20-16-11-14(12-16)17-8-4-5-9-18(17)21-3/h4-5,8-9,14-16,20H,6-7,10-13H2,1-3H3. The van der Waals surface area contributed by atoms with E-state index in [-0.39, 0.29) is 0 Å². The first kappa shape index (κ1) is 14.9. The van der Waals surface area contributed by atoms with Gasteiger partial charge >= 0.3 is 0 Å². The van der Waals surface area contributed by atoms with Crippen LogP contribution in [-0.4, -0.2) is 19.2 Å². The summed E-state index contributed by atoms with van der Waals surface area (Å²) in [6.07, 6.45) is 7.99. The largest absolute Gasteiger partial charge is 0.496 e. The number of nitrogens with one attached hydrogen (secondary N) is 1. The van der Waals surface area contributed by atoms with Gasteiger partial charge in [-0.15, -0.1) is 0 Å². The Morgan fingerprint density at radius 2 is 1.90 bits per heavy atom. The van der Waals surface area contributed by atoms with E-state index < -0.39 is 0 Å². The average molecular weight is 287 g/mol. The van der Waals surface area contributed by atoms with Crippen LogP contribution in [-0.2, 0) is 0 Å². The Bertz CT molecular complexity index is 476. The van der Waals surface area contributed by atoms with Crippen molar-refractivity contribution < 1.29 is 4.74 Å². The molecule has 0 saturated heterocycles. The van der Waals surface area contributed by atoms with Crippen LogP contribution in [0.1, 0.15) is 63.9 Å². The maximum absolute atomic E-state index is 5.49. The summed E-state index contributed by atoms with van der Waals surface area (Å²) >= 11 is 0. The van der Waals surface area contributed by atoms with Crippen LogP contribution in [0, 0.1) is 5.41 Å². The zero-order chi connectivity index (χ0) is 14.9. The summed E-state index contributed by atoms with van der Waals surface area (Å²) < 4.78 is 5.49. The van der Waals surface area contributed by atoms with Gasteiger partial charge in [0.2, 0.25) is 0 Å². The molecule has 0 radical (unpaired) electrons. The number of para-hydroxylation sites is 1. The molecular weight excluding hydrogens is 258 g/mol. The molecule has 0 amide bonds. The van der Waals surface area contributed by atoms with Crippen LogP contribution in [0.15, 0.2) is 24.3 Å². The van der Waals surface area contributed by atoms with Crippen LogP contribution < -0.4 is 10.1 Å². The molecule has 1 aromatic rings. The first-order valence-corrected chi connectivity index (χ1v) is 8.46. The molecule has 1 aromatic carbocycles. The fraction of sp³-hybridized carbons (Fsp3) is 0.684. The molecule has 1 atom stereocenters. The monoisotopic (exact) mass is 287 g/mol. The Kier molecular flexibility index (Phi) is 4.26. The molecule has 1 unspecified atom stereocenters. The summed E-state index contributed by atoms with van der Waals surface area (Å²) in [6.45, 7) is 4.83. The predicted molar refractivity (Wildman–Crippen MR) is 87.9 cm³/mol. The van der Waals surface area contributed by atoms with Crippen molar-refractivity contribution in [3.05, 3.63) is 29.8 Å². The van der Waals surface area contributed by atoms with E-state index in [1.54, 1.807) is 7.11 Å². The van der Waals surface area contributed by atoms with E-state index in [4.69, 9.17) is 4.74 Å². The summed E-state index contributed by atoms with van der Waals surface area (Å²) in [6, 6.07) is 9.93. The highest BCUT2D eigenvalue weighted by molar-refractivity contribution is 5.37. The lowest BCUT2D eigenvalue weighted by Gasteiger charge is -2.43. The second-order valence-corrected chi connectivity index (χ2v) is 7.73. The van der Waals surface area contributed by atoms with E-state index in [1.165, 1.54) is 44.1 Å². The quantitative estimate of drug-likeness (QED) is 0.880. The number of methoxy groups -OCH3 is 1. The maximum atomic E-state index is 5.49. The number of hydrogen-bond donors (Lipinski definition) is 1. The van der Waals surface area contributed by atoms with Crippen molar-refractivity contribution in [3.8, 4) is 5.75 Å². The van der Waals surface area contributed by atoms with Gasteiger partial charge in [-0.3, -0.25) is 0 Å². The summed E-state index contributed by atoms with van der Waals surface area (Å²) in [5, 5.41) is 3.91. The third kappa shape index (κ3) is 3.42. The summed E-state index contributed by atoms with van der Waals surface area (Å²) in [7, 11) is 1.78. The molecule has 0 heterocycles. The van der Waals surface area contributed by atoms with Crippen molar-refractivity contribution >= 4 is 0 Å². The van der Waals surface area contributed by atoms with Crippen LogP contribution in [0.25, 0.3) is 0 Å². The second-order valence-electron chi connectivity index (χ2n) is 7.73. The first-order valence-electron chi connectivity index (χ1n) is 8.46. The number of rotatable bonds is 4. The lowest BCUT2D eigenvalue weighted by atomic mass is 9.72. The summed E-state index contributed by atoms with van der Waals surface area (Å²) in [5.41, 5.74) is 1.92. The van der Waals surface area contributed by atoms with Gasteiger partial charge in [0.15, 0.2) is 0 Å². The minimum absolute atomic E-state index is 0.529. The summed E-state index contributed by atoms with van der Waals surface area (Å²) in [4.78, 5) is 0. The predicted octanol–water partition coefficient (Wildman–Crippen LogP) is 4.50. The third-order valence-electron chi connectivity index (χ3n) is 5.39. The van der Waals surface area contributed by atoms with Crippen LogP contribution in [0.4, 0.5) is 0 Å². The van der Waals surface area contributed by atoms with Gasteiger partial charge in [0.1, 0.15) is 5.75 Å².